The number of sulfonamides is 1. The van der Waals surface area contributed by atoms with E-state index in [4.69, 9.17) is 5.73 Å². The van der Waals surface area contributed by atoms with E-state index < -0.39 is 10.0 Å². The van der Waals surface area contributed by atoms with E-state index in [1.165, 1.54) is 15.6 Å². The Balaban J connectivity index is 3.32. The number of hydrogen-bond donors (Lipinski definition) is 1. The zero-order valence-electron chi connectivity index (χ0n) is 10.0. The van der Waals surface area contributed by atoms with Crippen LogP contribution in [0.3, 0.4) is 0 Å². The van der Waals surface area contributed by atoms with E-state index in [2.05, 4.69) is 0 Å². The van der Waals surface area contributed by atoms with Crippen LogP contribution < -0.4 is 5.73 Å². The van der Waals surface area contributed by atoms with E-state index in [1.54, 1.807) is 14.0 Å². The van der Waals surface area contributed by atoms with Gasteiger partial charge in [0.2, 0.25) is 10.0 Å². The van der Waals surface area contributed by atoms with E-state index in [-0.39, 0.29) is 12.6 Å². The molecule has 0 saturated carbocycles. The van der Waals surface area contributed by atoms with Gasteiger partial charge in [-0.15, -0.1) is 11.3 Å². The first-order chi connectivity index (χ1) is 7.32. The molecule has 0 bridgehead atoms. The molecule has 2 N–H and O–H groups in total. The van der Waals surface area contributed by atoms with Crippen molar-refractivity contribution in [3.8, 4) is 0 Å². The molecular weight excluding hydrogens is 244 g/mol. The summed E-state index contributed by atoms with van der Waals surface area (Å²) >= 11 is 1.40. The number of nitrogens with zero attached hydrogens (tertiary/aromatic N) is 1. The van der Waals surface area contributed by atoms with E-state index in [0.29, 0.717) is 4.90 Å². The highest BCUT2D eigenvalue weighted by Gasteiger charge is 2.28. The van der Waals surface area contributed by atoms with Crippen molar-refractivity contribution < 1.29 is 8.42 Å². The Kier molecular flexibility index (Phi) is 4.12. The molecule has 0 fully saturated rings. The van der Waals surface area contributed by atoms with Crippen LogP contribution in [0.15, 0.2) is 10.3 Å². The maximum atomic E-state index is 12.3. The third-order valence-corrected chi connectivity index (χ3v) is 6.06. The summed E-state index contributed by atoms with van der Waals surface area (Å²) in [4.78, 5) is 1.11. The minimum atomic E-state index is -3.40. The van der Waals surface area contributed by atoms with Crippen LogP contribution in [0, 0.1) is 6.92 Å². The van der Waals surface area contributed by atoms with Crippen molar-refractivity contribution in [3.05, 3.63) is 15.8 Å². The lowest BCUT2D eigenvalue weighted by molar-refractivity contribution is 0.410. The molecule has 0 radical (unpaired) electrons. The van der Waals surface area contributed by atoms with Crippen molar-refractivity contribution in [1.29, 1.82) is 0 Å². The maximum absolute atomic E-state index is 12.3. The minimum Gasteiger partial charge on any atom is -0.326 e. The fraction of sp³-hybridized carbons (Fsp3) is 0.600. The van der Waals surface area contributed by atoms with Gasteiger partial charge in [-0.2, -0.15) is 4.31 Å². The van der Waals surface area contributed by atoms with Crippen molar-refractivity contribution in [2.75, 3.05) is 7.05 Å². The molecule has 0 aliphatic carbocycles. The predicted octanol–water partition coefficient (Wildman–Crippen LogP) is 1.54. The zero-order valence-corrected chi connectivity index (χ0v) is 11.7. The normalized spacial score (nSPS) is 12.7. The summed E-state index contributed by atoms with van der Waals surface area (Å²) in [7, 11) is -1.81. The first kappa shape index (κ1) is 13.6. The Hall–Kier alpha value is -0.430. The standard InChI is InChI=1S/C10H18N2O2S2/c1-7(2)12(4)16(13,14)10-8(3)6-15-9(10)5-11/h6-7H,5,11H2,1-4H3. The number of thiophene rings is 1. The van der Waals surface area contributed by atoms with Gasteiger partial charge in [-0.3, -0.25) is 0 Å². The topological polar surface area (TPSA) is 63.4 Å². The van der Waals surface area contributed by atoms with Crippen LogP contribution >= 0.6 is 11.3 Å². The van der Waals surface area contributed by atoms with Gasteiger partial charge in [0.05, 0.1) is 0 Å². The summed E-state index contributed by atoms with van der Waals surface area (Å²) in [5.74, 6) is 0. The van der Waals surface area contributed by atoms with Gasteiger partial charge in [-0.05, 0) is 31.7 Å². The fourth-order valence-electron chi connectivity index (χ4n) is 1.40. The van der Waals surface area contributed by atoms with Crippen LogP contribution in [0.5, 0.6) is 0 Å². The van der Waals surface area contributed by atoms with Gasteiger partial charge in [-0.25, -0.2) is 8.42 Å². The Bertz CT molecular complexity index is 463. The minimum absolute atomic E-state index is 0.0603. The quantitative estimate of drug-likeness (QED) is 0.895. The first-order valence-corrected chi connectivity index (χ1v) is 7.39. The van der Waals surface area contributed by atoms with Gasteiger partial charge in [0.25, 0.3) is 0 Å². The molecule has 0 unspecified atom stereocenters. The Labute approximate surface area is 101 Å². The average molecular weight is 262 g/mol. The van der Waals surface area contributed by atoms with Gasteiger partial charge in [-0.1, -0.05) is 0 Å². The van der Waals surface area contributed by atoms with E-state index in [9.17, 15) is 8.42 Å². The molecule has 1 rings (SSSR count). The van der Waals surface area contributed by atoms with Crippen molar-refractivity contribution in [2.45, 2.75) is 38.3 Å². The SMILES string of the molecule is Cc1csc(CN)c1S(=O)(=O)N(C)C(C)C. The second kappa shape index (κ2) is 4.83. The Morgan fingerprint density at radius 3 is 2.50 bits per heavy atom. The molecule has 1 aromatic rings. The monoisotopic (exact) mass is 262 g/mol. The number of aryl methyl sites for hydroxylation is 1. The number of rotatable bonds is 4. The largest absolute Gasteiger partial charge is 0.326 e. The molecule has 0 atom stereocenters. The smallest absolute Gasteiger partial charge is 0.244 e. The Morgan fingerprint density at radius 2 is 2.06 bits per heavy atom. The molecule has 0 saturated heterocycles. The highest BCUT2D eigenvalue weighted by molar-refractivity contribution is 7.89. The Morgan fingerprint density at radius 1 is 1.50 bits per heavy atom. The fourth-order valence-corrected chi connectivity index (χ4v) is 4.41. The van der Waals surface area contributed by atoms with Crippen LogP contribution in [0.2, 0.25) is 0 Å². The third kappa shape index (κ3) is 2.29. The van der Waals surface area contributed by atoms with Gasteiger partial charge >= 0.3 is 0 Å². The highest BCUT2D eigenvalue weighted by atomic mass is 32.2. The summed E-state index contributed by atoms with van der Waals surface area (Å²) in [5, 5.41) is 1.84. The maximum Gasteiger partial charge on any atom is 0.244 e. The lowest BCUT2D eigenvalue weighted by Crippen LogP contribution is -2.33. The third-order valence-electron chi connectivity index (χ3n) is 2.54. The van der Waals surface area contributed by atoms with Gasteiger partial charge in [0.15, 0.2) is 0 Å². The second-order valence-electron chi connectivity index (χ2n) is 3.99. The van der Waals surface area contributed by atoms with Crippen molar-refractivity contribution >= 4 is 21.4 Å². The van der Waals surface area contributed by atoms with Crippen LogP contribution in [-0.2, 0) is 16.6 Å². The van der Waals surface area contributed by atoms with Crippen molar-refractivity contribution in [2.24, 2.45) is 5.73 Å². The molecule has 4 nitrogen and oxygen atoms in total. The lowest BCUT2D eigenvalue weighted by atomic mass is 10.3. The van der Waals surface area contributed by atoms with Crippen LogP contribution in [0.25, 0.3) is 0 Å². The molecular formula is C10H18N2O2S2. The molecule has 0 amide bonds. The van der Waals surface area contributed by atoms with Crippen LogP contribution in [0.4, 0.5) is 0 Å². The van der Waals surface area contributed by atoms with Crippen molar-refractivity contribution in [1.82, 2.24) is 4.31 Å². The summed E-state index contributed by atoms with van der Waals surface area (Å²) in [5.41, 5.74) is 6.34. The average Bonchev–Trinajstić information content (AvgIpc) is 2.58. The van der Waals surface area contributed by atoms with Crippen LogP contribution in [0.1, 0.15) is 24.3 Å². The van der Waals surface area contributed by atoms with Gasteiger partial charge in [0.1, 0.15) is 4.90 Å². The van der Waals surface area contributed by atoms with E-state index in [0.717, 1.165) is 10.4 Å². The molecule has 1 heterocycles. The number of hydrogen-bond acceptors (Lipinski definition) is 4. The number of nitrogens with two attached hydrogens (primary N) is 1. The van der Waals surface area contributed by atoms with E-state index in [1.807, 2.05) is 19.2 Å². The summed E-state index contributed by atoms with van der Waals surface area (Å²) < 4.78 is 26.0. The van der Waals surface area contributed by atoms with Gasteiger partial charge < -0.3 is 5.73 Å². The molecule has 0 spiro atoms. The van der Waals surface area contributed by atoms with E-state index >= 15 is 0 Å². The van der Waals surface area contributed by atoms with Gasteiger partial charge in [0, 0.05) is 24.5 Å². The first-order valence-electron chi connectivity index (χ1n) is 5.07. The van der Waals surface area contributed by atoms with Crippen LogP contribution in [-0.4, -0.2) is 25.8 Å². The lowest BCUT2D eigenvalue weighted by Gasteiger charge is -2.21. The molecule has 6 heteroatoms. The molecule has 1 aromatic heterocycles. The summed E-state index contributed by atoms with van der Waals surface area (Å²) in [6, 6.07) is -0.0603. The molecule has 0 aromatic carbocycles. The molecule has 92 valence electrons. The molecule has 0 aliphatic rings. The summed E-state index contributed by atoms with van der Waals surface area (Å²) in [6.45, 7) is 5.76. The zero-order chi connectivity index (χ0) is 12.5. The molecule has 16 heavy (non-hydrogen) atoms. The molecule has 0 aliphatic heterocycles. The highest BCUT2D eigenvalue weighted by Crippen LogP contribution is 2.29. The second-order valence-corrected chi connectivity index (χ2v) is 6.89. The summed E-state index contributed by atoms with van der Waals surface area (Å²) in [6.07, 6.45) is 0. The predicted molar refractivity (Wildman–Crippen MR) is 67.0 cm³/mol. The van der Waals surface area contributed by atoms with Crippen molar-refractivity contribution in [3.63, 3.8) is 0 Å².